The van der Waals surface area contributed by atoms with Crippen molar-refractivity contribution in [3.8, 4) is 5.75 Å². The molecule has 0 bridgehead atoms. The highest BCUT2D eigenvalue weighted by molar-refractivity contribution is 6.00. The fraction of sp³-hybridized carbons (Fsp3) is 0.450. The highest BCUT2D eigenvalue weighted by Crippen LogP contribution is 2.30. The van der Waals surface area contributed by atoms with Gasteiger partial charge in [0, 0.05) is 12.0 Å². The summed E-state index contributed by atoms with van der Waals surface area (Å²) in [7, 11) is 0. The molecule has 1 aliphatic rings. The SMILES string of the molecule is Cc1ccc(OC[C@]2(C)CCCNC2)c(NC(=O)Nc2cnc(C)cn2)c1. The molecule has 3 N–H and O–H groups in total. The molecule has 1 aliphatic heterocycles. The van der Waals surface area contributed by atoms with E-state index >= 15 is 0 Å². The maximum atomic E-state index is 12.3. The normalized spacial score (nSPS) is 19.4. The molecule has 1 aromatic heterocycles. The average molecular weight is 369 g/mol. The van der Waals surface area contributed by atoms with E-state index in [1.165, 1.54) is 6.20 Å². The van der Waals surface area contributed by atoms with Crippen molar-refractivity contribution in [2.75, 3.05) is 30.3 Å². The molecule has 0 unspecified atom stereocenters. The van der Waals surface area contributed by atoms with Crippen molar-refractivity contribution in [2.45, 2.75) is 33.6 Å². The molecule has 2 amide bonds. The van der Waals surface area contributed by atoms with Crippen molar-refractivity contribution in [1.29, 1.82) is 0 Å². The lowest BCUT2D eigenvalue weighted by atomic mass is 9.84. The Hall–Kier alpha value is -2.67. The number of piperidine rings is 1. The predicted molar refractivity (Wildman–Crippen MR) is 106 cm³/mol. The van der Waals surface area contributed by atoms with Crippen molar-refractivity contribution in [3.63, 3.8) is 0 Å². The largest absolute Gasteiger partial charge is 0.491 e. The summed E-state index contributed by atoms with van der Waals surface area (Å²) in [6, 6.07) is 5.40. The first-order valence-electron chi connectivity index (χ1n) is 9.24. The molecule has 27 heavy (non-hydrogen) atoms. The summed E-state index contributed by atoms with van der Waals surface area (Å²) >= 11 is 0. The van der Waals surface area contributed by atoms with E-state index in [1.807, 2.05) is 32.0 Å². The summed E-state index contributed by atoms with van der Waals surface area (Å²) in [5.74, 6) is 1.06. The third kappa shape index (κ3) is 5.40. The molecule has 0 aliphatic carbocycles. The van der Waals surface area contributed by atoms with Crippen molar-refractivity contribution in [1.82, 2.24) is 15.3 Å². The van der Waals surface area contributed by atoms with E-state index in [0.29, 0.717) is 23.9 Å². The van der Waals surface area contributed by atoms with Crippen LogP contribution in [0.1, 0.15) is 31.0 Å². The second-order valence-corrected chi connectivity index (χ2v) is 7.50. The van der Waals surface area contributed by atoms with Crippen LogP contribution < -0.4 is 20.7 Å². The smallest absolute Gasteiger partial charge is 0.324 e. The Labute approximate surface area is 159 Å². The molecular formula is C20H27N5O2. The van der Waals surface area contributed by atoms with Gasteiger partial charge in [0.2, 0.25) is 0 Å². The van der Waals surface area contributed by atoms with Crippen molar-refractivity contribution < 1.29 is 9.53 Å². The van der Waals surface area contributed by atoms with E-state index in [-0.39, 0.29) is 11.4 Å². The van der Waals surface area contributed by atoms with Gasteiger partial charge in [-0.2, -0.15) is 0 Å². The Morgan fingerprint density at radius 3 is 2.81 bits per heavy atom. The van der Waals surface area contributed by atoms with Gasteiger partial charge in [-0.15, -0.1) is 0 Å². The summed E-state index contributed by atoms with van der Waals surface area (Å²) in [6.45, 7) is 8.65. The van der Waals surface area contributed by atoms with E-state index in [9.17, 15) is 4.79 Å². The molecule has 1 fully saturated rings. The first kappa shape index (κ1) is 19.1. The Morgan fingerprint density at radius 1 is 1.26 bits per heavy atom. The van der Waals surface area contributed by atoms with Crippen LogP contribution in [0.3, 0.4) is 0 Å². The van der Waals surface area contributed by atoms with Gasteiger partial charge in [-0.25, -0.2) is 9.78 Å². The van der Waals surface area contributed by atoms with Crippen LogP contribution in [0.25, 0.3) is 0 Å². The summed E-state index contributed by atoms with van der Waals surface area (Å²) in [5.41, 5.74) is 2.57. The number of amides is 2. The maximum Gasteiger partial charge on any atom is 0.324 e. The Bertz CT molecular complexity index is 785. The molecule has 0 saturated carbocycles. The maximum absolute atomic E-state index is 12.3. The molecule has 144 valence electrons. The zero-order valence-electron chi connectivity index (χ0n) is 16.1. The molecule has 7 nitrogen and oxygen atoms in total. The van der Waals surface area contributed by atoms with Gasteiger partial charge in [-0.3, -0.25) is 10.3 Å². The number of aryl methyl sites for hydroxylation is 2. The Kier molecular flexibility index (Phi) is 5.91. The van der Waals surface area contributed by atoms with Crippen LogP contribution >= 0.6 is 0 Å². The first-order valence-corrected chi connectivity index (χ1v) is 9.24. The minimum absolute atomic E-state index is 0.0974. The topological polar surface area (TPSA) is 88.2 Å². The van der Waals surface area contributed by atoms with Gasteiger partial charge in [0.1, 0.15) is 5.75 Å². The molecule has 1 aromatic carbocycles. The van der Waals surface area contributed by atoms with Gasteiger partial charge < -0.3 is 15.4 Å². The van der Waals surface area contributed by atoms with E-state index < -0.39 is 0 Å². The van der Waals surface area contributed by atoms with Gasteiger partial charge >= 0.3 is 6.03 Å². The third-order valence-corrected chi connectivity index (χ3v) is 4.67. The number of nitrogens with zero attached hydrogens (tertiary/aromatic N) is 2. The average Bonchev–Trinajstić information content (AvgIpc) is 2.63. The van der Waals surface area contributed by atoms with E-state index in [1.54, 1.807) is 6.20 Å². The van der Waals surface area contributed by atoms with Gasteiger partial charge in [0.15, 0.2) is 5.82 Å². The summed E-state index contributed by atoms with van der Waals surface area (Å²) in [4.78, 5) is 20.6. The molecule has 1 saturated heterocycles. The highest BCUT2D eigenvalue weighted by atomic mass is 16.5. The fourth-order valence-corrected chi connectivity index (χ4v) is 3.09. The number of hydrogen-bond acceptors (Lipinski definition) is 5. The van der Waals surface area contributed by atoms with Crippen LogP contribution in [-0.2, 0) is 0 Å². The highest BCUT2D eigenvalue weighted by Gasteiger charge is 2.28. The van der Waals surface area contributed by atoms with Crippen molar-refractivity contribution in [2.24, 2.45) is 5.41 Å². The Morgan fingerprint density at radius 2 is 2.11 bits per heavy atom. The minimum atomic E-state index is -0.380. The number of aromatic nitrogens is 2. The third-order valence-electron chi connectivity index (χ3n) is 4.67. The monoisotopic (exact) mass is 369 g/mol. The fourth-order valence-electron chi connectivity index (χ4n) is 3.09. The summed E-state index contributed by atoms with van der Waals surface area (Å²) in [6.07, 6.45) is 5.41. The number of ether oxygens (including phenoxy) is 1. The van der Waals surface area contributed by atoms with Crippen molar-refractivity contribution >= 4 is 17.5 Å². The van der Waals surface area contributed by atoms with E-state index in [0.717, 1.165) is 37.2 Å². The van der Waals surface area contributed by atoms with Crippen LogP contribution in [0.5, 0.6) is 5.75 Å². The van der Waals surface area contributed by atoms with Gasteiger partial charge in [-0.05, 0) is 50.9 Å². The molecule has 7 heteroatoms. The molecule has 0 radical (unpaired) electrons. The minimum Gasteiger partial charge on any atom is -0.491 e. The van der Waals surface area contributed by atoms with Crippen LogP contribution in [0, 0.1) is 19.3 Å². The van der Waals surface area contributed by atoms with Crippen LogP contribution in [0.15, 0.2) is 30.6 Å². The number of benzene rings is 1. The standard InChI is InChI=1S/C20H27N5O2/c1-14-5-6-17(27-13-20(3)7-4-8-21-12-20)16(9-14)24-19(26)25-18-11-22-15(2)10-23-18/h5-6,9-11,21H,4,7-8,12-13H2,1-3H3,(H2,23,24,25,26)/t20-/m1/s1. The number of anilines is 2. The van der Waals surface area contributed by atoms with Gasteiger partial charge in [0.05, 0.1) is 30.4 Å². The van der Waals surface area contributed by atoms with Gasteiger partial charge in [0.25, 0.3) is 0 Å². The van der Waals surface area contributed by atoms with Crippen LogP contribution in [0.2, 0.25) is 0 Å². The lowest BCUT2D eigenvalue weighted by Gasteiger charge is -2.34. The zero-order valence-corrected chi connectivity index (χ0v) is 16.1. The summed E-state index contributed by atoms with van der Waals surface area (Å²) < 4.78 is 6.09. The van der Waals surface area contributed by atoms with Crippen LogP contribution in [0.4, 0.5) is 16.3 Å². The second-order valence-electron chi connectivity index (χ2n) is 7.50. The number of urea groups is 1. The van der Waals surface area contributed by atoms with E-state index in [4.69, 9.17) is 4.74 Å². The molecule has 2 aromatic rings. The zero-order chi connectivity index (χ0) is 19.3. The lowest BCUT2D eigenvalue weighted by molar-refractivity contribution is 0.129. The quantitative estimate of drug-likeness (QED) is 0.751. The van der Waals surface area contributed by atoms with Crippen LogP contribution in [-0.4, -0.2) is 35.7 Å². The Balaban J connectivity index is 1.66. The molecular weight excluding hydrogens is 342 g/mol. The molecule has 2 heterocycles. The van der Waals surface area contributed by atoms with Gasteiger partial charge in [-0.1, -0.05) is 13.0 Å². The molecule has 3 rings (SSSR count). The number of carbonyl (C=O) groups is 1. The second kappa shape index (κ2) is 8.35. The number of rotatable bonds is 5. The molecule has 1 atom stereocenters. The lowest BCUT2D eigenvalue weighted by Crippen LogP contribution is -2.41. The number of nitrogens with one attached hydrogen (secondary N) is 3. The van der Waals surface area contributed by atoms with Crippen molar-refractivity contribution in [3.05, 3.63) is 41.9 Å². The van der Waals surface area contributed by atoms with E-state index in [2.05, 4.69) is 32.8 Å². The first-order chi connectivity index (χ1) is 12.9. The predicted octanol–water partition coefficient (Wildman–Crippen LogP) is 3.51. The molecule has 0 spiro atoms. The summed E-state index contributed by atoms with van der Waals surface area (Å²) in [5, 5.41) is 8.97. The number of carbonyl (C=O) groups excluding carboxylic acids is 1. The number of hydrogen-bond donors (Lipinski definition) is 3.